The van der Waals surface area contributed by atoms with Crippen LogP contribution in [0.1, 0.15) is 23.5 Å². The molecule has 0 fully saturated rings. The van der Waals surface area contributed by atoms with Gasteiger partial charge in [0.05, 0.1) is 5.69 Å². The Balaban J connectivity index is 1.87. The van der Waals surface area contributed by atoms with E-state index in [2.05, 4.69) is 27.0 Å². The number of H-pyrrole nitrogens is 1. The number of fused-ring (bicyclic) bond motifs is 1. The third-order valence-electron chi connectivity index (χ3n) is 3.88. The molecule has 0 radical (unpaired) electrons. The second kappa shape index (κ2) is 5.26. The average molecular weight is 330 g/mol. The lowest BCUT2D eigenvalue weighted by molar-refractivity contribution is -0.116. The van der Waals surface area contributed by atoms with Crippen molar-refractivity contribution in [2.24, 2.45) is 0 Å². The summed E-state index contributed by atoms with van der Waals surface area (Å²) in [5.41, 5.74) is 4.13. The van der Waals surface area contributed by atoms with Gasteiger partial charge in [-0.1, -0.05) is 23.7 Å². The first kappa shape index (κ1) is 13.5. The molecule has 2 N–H and O–H groups in total. The van der Waals surface area contributed by atoms with Crippen LogP contribution in [0.5, 0.6) is 0 Å². The molecule has 1 amide bonds. The molecule has 0 saturated heterocycles. The molecule has 22 heavy (non-hydrogen) atoms. The number of thiophene rings is 1. The van der Waals surface area contributed by atoms with Crippen LogP contribution < -0.4 is 5.32 Å². The molecule has 1 atom stereocenters. The first-order valence-corrected chi connectivity index (χ1v) is 8.20. The summed E-state index contributed by atoms with van der Waals surface area (Å²) in [5.74, 6) is 0.648. The average Bonchev–Trinajstić information content (AvgIpc) is 3.16. The summed E-state index contributed by atoms with van der Waals surface area (Å²) in [4.78, 5) is 11.9. The van der Waals surface area contributed by atoms with E-state index in [9.17, 15) is 4.79 Å². The van der Waals surface area contributed by atoms with E-state index < -0.39 is 0 Å². The van der Waals surface area contributed by atoms with Crippen LogP contribution in [0.15, 0.2) is 41.1 Å². The van der Waals surface area contributed by atoms with Crippen LogP contribution in [-0.4, -0.2) is 16.1 Å². The molecule has 3 aromatic rings. The normalized spacial score (nSPS) is 17.1. The Morgan fingerprint density at radius 1 is 1.23 bits per heavy atom. The van der Waals surface area contributed by atoms with Gasteiger partial charge in [0.1, 0.15) is 0 Å². The molecule has 4 nitrogen and oxygen atoms in total. The number of halogens is 1. The minimum absolute atomic E-state index is 0.00199. The Bertz CT molecular complexity index is 824. The van der Waals surface area contributed by atoms with E-state index in [1.165, 1.54) is 0 Å². The lowest BCUT2D eigenvalue weighted by Crippen LogP contribution is -2.23. The molecular weight excluding hydrogens is 318 g/mol. The lowest BCUT2D eigenvalue weighted by atomic mass is 9.86. The van der Waals surface area contributed by atoms with Gasteiger partial charge in [-0.15, -0.1) is 0 Å². The van der Waals surface area contributed by atoms with Gasteiger partial charge in [-0.2, -0.15) is 16.4 Å². The number of hydrogen-bond donors (Lipinski definition) is 2. The molecule has 4 rings (SSSR count). The van der Waals surface area contributed by atoms with Gasteiger partial charge in [-0.25, -0.2) is 0 Å². The first-order chi connectivity index (χ1) is 10.7. The van der Waals surface area contributed by atoms with Crippen molar-refractivity contribution in [3.63, 3.8) is 0 Å². The molecule has 1 aromatic carbocycles. The molecule has 2 aromatic heterocycles. The fourth-order valence-electron chi connectivity index (χ4n) is 2.85. The predicted octanol–water partition coefficient (Wildman–Crippen LogP) is 4.27. The van der Waals surface area contributed by atoms with Crippen molar-refractivity contribution in [3.05, 3.63) is 57.2 Å². The largest absolute Gasteiger partial charge is 0.309 e. The van der Waals surface area contributed by atoms with Crippen molar-refractivity contribution in [1.29, 1.82) is 0 Å². The third-order valence-corrected chi connectivity index (χ3v) is 4.83. The van der Waals surface area contributed by atoms with Gasteiger partial charge in [-0.05, 0) is 34.5 Å². The maximum Gasteiger partial charge on any atom is 0.226 e. The SMILES string of the molecule is O=C1C[C@H](c2ccsc2)c2c(n[nH]c2-c2ccc(Cl)cc2)N1. The monoisotopic (exact) mass is 329 g/mol. The van der Waals surface area contributed by atoms with E-state index in [1.807, 2.05) is 29.6 Å². The van der Waals surface area contributed by atoms with E-state index in [0.717, 1.165) is 22.4 Å². The number of hydrogen-bond acceptors (Lipinski definition) is 3. The van der Waals surface area contributed by atoms with Crippen LogP contribution in [-0.2, 0) is 4.79 Å². The number of anilines is 1. The number of benzene rings is 1. The highest BCUT2D eigenvalue weighted by Gasteiger charge is 2.32. The summed E-state index contributed by atoms with van der Waals surface area (Å²) in [6.45, 7) is 0. The van der Waals surface area contributed by atoms with Crippen molar-refractivity contribution in [2.75, 3.05) is 5.32 Å². The van der Waals surface area contributed by atoms with Crippen LogP contribution in [0.3, 0.4) is 0 Å². The van der Waals surface area contributed by atoms with Gasteiger partial charge < -0.3 is 5.32 Å². The number of carbonyl (C=O) groups is 1. The number of aromatic amines is 1. The van der Waals surface area contributed by atoms with Gasteiger partial charge in [0.25, 0.3) is 0 Å². The Labute approximate surface area is 136 Å². The van der Waals surface area contributed by atoms with Gasteiger partial charge in [0, 0.05) is 28.5 Å². The summed E-state index contributed by atoms with van der Waals surface area (Å²) in [6.07, 6.45) is 0.434. The lowest BCUT2D eigenvalue weighted by Gasteiger charge is -2.22. The smallest absolute Gasteiger partial charge is 0.226 e. The van der Waals surface area contributed by atoms with E-state index in [0.29, 0.717) is 17.3 Å². The van der Waals surface area contributed by atoms with Crippen molar-refractivity contribution < 1.29 is 4.79 Å². The molecule has 110 valence electrons. The fraction of sp³-hybridized carbons (Fsp3) is 0.125. The summed E-state index contributed by atoms with van der Waals surface area (Å²) in [7, 11) is 0. The Morgan fingerprint density at radius 2 is 2.05 bits per heavy atom. The topological polar surface area (TPSA) is 57.8 Å². The maximum absolute atomic E-state index is 11.9. The van der Waals surface area contributed by atoms with Crippen LogP contribution >= 0.6 is 22.9 Å². The highest BCUT2D eigenvalue weighted by atomic mass is 35.5. The molecule has 0 unspecified atom stereocenters. The second-order valence-electron chi connectivity index (χ2n) is 5.23. The van der Waals surface area contributed by atoms with Crippen molar-refractivity contribution in [2.45, 2.75) is 12.3 Å². The van der Waals surface area contributed by atoms with E-state index in [4.69, 9.17) is 11.6 Å². The molecular formula is C16H12ClN3OS. The summed E-state index contributed by atoms with van der Waals surface area (Å²) < 4.78 is 0. The fourth-order valence-corrected chi connectivity index (χ4v) is 3.69. The Kier molecular flexibility index (Phi) is 3.24. The van der Waals surface area contributed by atoms with Gasteiger partial charge in [0.15, 0.2) is 5.82 Å². The molecule has 6 heteroatoms. The number of rotatable bonds is 2. The first-order valence-electron chi connectivity index (χ1n) is 6.88. The highest BCUT2D eigenvalue weighted by molar-refractivity contribution is 7.08. The van der Waals surface area contributed by atoms with Gasteiger partial charge in [0.2, 0.25) is 5.91 Å². The van der Waals surface area contributed by atoms with E-state index in [-0.39, 0.29) is 11.8 Å². The molecule has 0 aliphatic carbocycles. The van der Waals surface area contributed by atoms with Gasteiger partial charge >= 0.3 is 0 Å². The quantitative estimate of drug-likeness (QED) is 0.737. The molecule has 1 aliphatic rings. The van der Waals surface area contributed by atoms with E-state index in [1.54, 1.807) is 11.3 Å². The Hall–Kier alpha value is -2.11. The Morgan fingerprint density at radius 3 is 2.77 bits per heavy atom. The minimum Gasteiger partial charge on any atom is -0.309 e. The second-order valence-corrected chi connectivity index (χ2v) is 6.45. The third kappa shape index (κ3) is 2.23. The van der Waals surface area contributed by atoms with Crippen molar-refractivity contribution in [3.8, 4) is 11.3 Å². The number of nitrogens with one attached hydrogen (secondary N) is 2. The number of aromatic nitrogens is 2. The van der Waals surface area contributed by atoms with Gasteiger partial charge in [-0.3, -0.25) is 9.89 Å². The molecule has 0 saturated carbocycles. The summed E-state index contributed by atoms with van der Waals surface area (Å²) >= 11 is 7.60. The zero-order chi connectivity index (χ0) is 15.1. The number of carbonyl (C=O) groups excluding carboxylic acids is 1. The van der Waals surface area contributed by atoms with Crippen LogP contribution in [0.25, 0.3) is 11.3 Å². The summed E-state index contributed by atoms with van der Waals surface area (Å²) in [5, 5.41) is 15.0. The molecule has 0 spiro atoms. The van der Waals surface area contributed by atoms with E-state index >= 15 is 0 Å². The van der Waals surface area contributed by atoms with Crippen molar-refractivity contribution >= 4 is 34.7 Å². The number of nitrogens with zero attached hydrogens (tertiary/aromatic N) is 1. The summed E-state index contributed by atoms with van der Waals surface area (Å²) in [6, 6.07) is 9.68. The van der Waals surface area contributed by atoms with Crippen LogP contribution in [0.4, 0.5) is 5.82 Å². The predicted molar refractivity (Wildman–Crippen MR) is 88.4 cm³/mol. The zero-order valence-corrected chi connectivity index (χ0v) is 13.0. The molecule has 0 bridgehead atoms. The van der Waals surface area contributed by atoms with Crippen molar-refractivity contribution in [1.82, 2.24) is 10.2 Å². The number of amides is 1. The molecule has 1 aliphatic heterocycles. The zero-order valence-electron chi connectivity index (χ0n) is 11.5. The minimum atomic E-state index is -0.00199. The maximum atomic E-state index is 11.9. The highest BCUT2D eigenvalue weighted by Crippen LogP contribution is 2.42. The standard InChI is InChI=1S/C16H12ClN3OS/c17-11-3-1-9(2-4-11)15-14-12(10-5-6-22-8-10)7-13(21)18-16(14)20-19-15/h1-6,8,12H,7H2,(H2,18,19,20,21)/t12-/m1/s1. The molecule has 3 heterocycles. The van der Waals surface area contributed by atoms with Crippen LogP contribution in [0, 0.1) is 0 Å². The van der Waals surface area contributed by atoms with Crippen LogP contribution in [0.2, 0.25) is 5.02 Å².